The molecule has 34 heavy (non-hydrogen) atoms. The number of β-amino-alcohol motifs (C(OH)–C–C–N with tert-alkyl or cyclic N) is 1. The number of hydrogen-bond donors (Lipinski definition) is 2. The van der Waals surface area contributed by atoms with Crippen molar-refractivity contribution >= 4 is 46.0 Å². The van der Waals surface area contributed by atoms with Gasteiger partial charge in [0.25, 0.3) is 5.91 Å². The molecule has 2 aliphatic heterocycles. The number of urea groups is 1. The van der Waals surface area contributed by atoms with Crippen LogP contribution in [0.3, 0.4) is 0 Å². The summed E-state index contributed by atoms with van der Waals surface area (Å²) in [6.45, 7) is 4.88. The highest BCUT2D eigenvalue weighted by Gasteiger charge is 2.49. The molecule has 8 nitrogen and oxygen atoms in total. The number of amides is 3. The molecule has 0 aliphatic carbocycles. The minimum Gasteiger partial charge on any atom is -0.390 e. The summed E-state index contributed by atoms with van der Waals surface area (Å²) >= 11 is 3.38. The molecule has 2 atom stereocenters. The van der Waals surface area contributed by atoms with E-state index in [0.29, 0.717) is 30.8 Å². The summed E-state index contributed by atoms with van der Waals surface area (Å²) in [4.78, 5) is 31.0. The Morgan fingerprint density at radius 1 is 1.09 bits per heavy atom. The van der Waals surface area contributed by atoms with Crippen LogP contribution in [-0.2, 0) is 10.3 Å². The number of nitrogens with one attached hydrogen (secondary N) is 1. The molecule has 2 saturated heterocycles. The Bertz CT molecular complexity index is 1080. The Morgan fingerprint density at radius 2 is 1.74 bits per heavy atom. The topological polar surface area (TPSA) is 99.9 Å². The summed E-state index contributed by atoms with van der Waals surface area (Å²) in [5.74, 6) is -0.369. The molecule has 4 rings (SSSR count). The van der Waals surface area contributed by atoms with E-state index in [1.54, 1.807) is 19.1 Å². The first kappa shape index (κ1) is 26.0. The molecule has 180 valence electrons. The predicted octanol–water partition coefficient (Wildman–Crippen LogP) is 2.69. The first-order valence-corrected chi connectivity index (χ1v) is 11.7. The number of imide groups is 1. The number of aliphatic hydroxyl groups is 1. The molecular formula is C24H27BrClN5O3. The lowest BCUT2D eigenvalue weighted by Gasteiger charge is -2.37. The van der Waals surface area contributed by atoms with Crippen LogP contribution in [0.4, 0.5) is 10.5 Å². The van der Waals surface area contributed by atoms with Gasteiger partial charge in [0.15, 0.2) is 0 Å². The zero-order valence-corrected chi connectivity index (χ0v) is 21.2. The Labute approximate surface area is 213 Å². The number of hydrogen-bond acceptors (Lipinski definition) is 6. The fourth-order valence-electron chi connectivity index (χ4n) is 4.42. The Hall–Kier alpha value is -2.64. The number of carbonyl (C=O) groups is 2. The minimum atomic E-state index is -1.16. The maximum atomic E-state index is 13.1. The third kappa shape index (κ3) is 5.20. The van der Waals surface area contributed by atoms with Crippen molar-refractivity contribution in [3.05, 3.63) is 64.1 Å². The summed E-state index contributed by atoms with van der Waals surface area (Å²) in [6, 6.07) is 16.5. The maximum absolute atomic E-state index is 13.1. The highest BCUT2D eigenvalue weighted by molar-refractivity contribution is 9.10. The van der Waals surface area contributed by atoms with Crippen LogP contribution < -0.4 is 10.2 Å². The number of para-hydroxylation sites is 1. The average Bonchev–Trinajstić information content (AvgIpc) is 3.03. The van der Waals surface area contributed by atoms with Gasteiger partial charge in [-0.2, -0.15) is 5.26 Å². The van der Waals surface area contributed by atoms with Crippen LogP contribution in [0, 0.1) is 11.3 Å². The van der Waals surface area contributed by atoms with Crippen molar-refractivity contribution in [3.8, 4) is 6.07 Å². The van der Waals surface area contributed by atoms with Gasteiger partial charge in [-0.25, -0.2) is 4.79 Å². The summed E-state index contributed by atoms with van der Waals surface area (Å²) < 4.78 is 0.884. The zero-order chi connectivity index (χ0) is 23.6. The Morgan fingerprint density at radius 3 is 2.38 bits per heavy atom. The van der Waals surface area contributed by atoms with Gasteiger partial charge in [-0.3, -0.25) is 14.6 Å². The van der Waals surface area contributed by atoms with Gasteiger partial charge < -0.3 is 15.3 Å². The summed E-state index contributed by atoms with van der Waals surface area (Å²) in [5, 5.41) is 22.8. The number of rotatable bonds is 6. The monoisotopic (exact) mass is 547 g/mol. The molecule has 2 heterocycles. The number of halogens is 2. The lowest BCUT2D eigenvalue weighted by Crippen LogP contribution is -2.51. The molecule has 0 saturated carbocycles. The van der Waals surface area contributed by atoms with Gasteiger partial charge in [0.1, 0.15) is 11.6 Å². The van der Waals surface area contributed by atoms with E-state index in [-0.39, 0.29) is 24.9 Å². The molecule has 2 unspecified atom stereocenters. The van der Waals surface area contributed by atoms with Crippen LogP contribution in [0.5, 0.6) is 0 Å². The molecule has 2 N–H and O–H groups in total. The van der Waals surface area contributed by atoms with Crippen molar-refractivity contribution in [2.75, 3.05) is 44.2 Å². The van der Waals surface area contributed by atoms with Crippen molar-refractivity contribution in [2.45, 2.75) is 18.6 Å². The molecule has 2 aromatic carbocycles. The third-order valence-corrected chi connectivity index (χ3v) is 6.82. The second kappa shape index (κ2) is 10.7. The van der Waals surface area contributed by atoms with Crippen molar-refractivity contribution in [2.24, 2.45) is 0 Å². The van der Waals surface area contributed by atoms with Gasteiger partial charge in [-0.05, 0) is 36.8 Å². The first-order valence-electron chi connectivity index (χ1n) is 10.9. The van der Waals surface area contributed by atoms with Crippen molar-refractivity contribution < 1.29 is 14.7 Å². The van der Waals surface area contributed by atoms with Crippen LogP contribution >= 0.6 is 28.3 Å². The third-order valence-electron chi connectivity index (χ3n) is 6.30. The molecule has 3 amide bonds. The molecule has 2 aliphatic rings. The van der Waals surface area contributed by atoms with E-state index in [2.05, 4.69) is 37.1 Å². The minimum absolute atomic E-state index is 0. The standard InChI is InChI=1S/C24H26BrN5O3.ClH/c1-24(18-6-8-19(25)9-7-18)22(32)30(23(33)27-24)16-20(31)15-28-10-12-29(13-11-28)21-5-3-2-4-17(21)14-26;/h2-9,20,31H,10-13,15-16H2,1H3,(H,27,33);1H. The quantitative estimate of drug-likeness (QED) is 0.539. The van der Waals surface area contributed by atoms with Crippen LogP contribution in [0.2, 0.25) is 0 Å². The Kier molecular flexibility index (Phi) is 8.21. The number of carbonyl (C=O) groups excluding carboxylic acids is 2. The molecular weight excluding hydrogens is 522 g/mol. The van der Waals surface area contributed by atoms with Crippen LogP contribution in [0.25, 0.3) is 0 Å². The van der Waals surface area contributed by atoms with Gasteiger partial charge in [-0.1, -0.05) is 40.2 Å². The number of piperazine rings is 1. The fraction of sp³-hybridized carbons (Fsp3) is 0.375. The lowest BCUT2D eigenvalue weighted by atomic mass is 9.92. The molecule has 0 spiro atoms. The summed E-state index contributed by atoms with van der Waals surface area (Å²) in [7, 11) is 0. The highest BCUT2D eigenvalue weighted by Crippen LogP contribution is 2.30. The van der Waals surface area contributed by atoms with Gasteiger partial charge in [-0.15, -0.1) is 12.4 Å². The van der Waals surface area contributed by atoms with E-state index in [1.807, 2.05) is 36.4 Å². The zero-order valence-electron chi connectivity index (χ0n) is 18.8. The molecule has 0 bridgehead atoms. The first-order chi connectivity index (χ1) is 15.8. The van der Waals surface area contributed by atoms with E-state index in [0.717, 1.165) is 28.1 Å². The average molecular weight is 549 g/mol. The smallest absolute Gasteiger partial charge is 0.325 e. The number of aliphatic hydroxyl groups excluding tert-OH is 1. The SMILES string of the molecule is CC1(c2ccc(Br)cc2)NC(=O)N(CC(O)CN2CCN(c3ccccc3C#N)CC2)C1=O.Cl. The second-order valence-electron chi connectivity index (χ2n) is 8.55. The normalized spacial score (nSPS) is 21.6. The lowest BCUT2D eigenvalue weighted by molar-refractivity contribution is -0.132. The van der Waals surface area contributed by atoms with E-state index < -0.39 is 17.7 Å². The fourth-order valence-corrected chi connectivity index (χ4v) is 4.69. The van der Waals surface area contributed by atoms with Crippen LogP contribution in [0.1, 0.15) is 18.1 Å². The maximum Gasteiger partial charge on any atom is 0.325 e. The van der Waals surface area contributed by atoms with Crippen molar-refractivity contribution in [3.63, 3.8) is 0 Å². The summed E-state index contributed by atoms with van der Waals surface area (Å²) in [6.07, 6.45) is -0.857. The molecule has 10 heteroatoms. The second-order valence-corrected chi connectivity index (χ2v) is 9.46. The van der Waals surface area contributed by atoms with Crippen molar-refractivity contribution in [1.29, 1.82) is 5.26 Å². The molecule has 2 aromatic rings. The van der Waals surface area contributed by atoms with Crippen LogP contribution in [0.15, 0.2) is 53.0 Å². The number of nitrogens with zero attached hydrogens (tertiary/aromatic N) is 4. The molecule has 0 aromatic heterocycles. The molecule has 2 fully saturated rings. The van der Waals surface area contributed by atoms with E-state index in [9.17, 15) is 20.0 Å². The number of nitriles is 1. The largest absolute Gasteiger partial charge is 0.390 e. The number of anilines is 1. The van der Waals surface area contributed by atoms with Gasteiger partial charge in [0.05, 0.1) is 23.9 Å². The predicted molar refractivity (Wildman–Crippen MR) is 135 cm³/mol. The van der Waals surface area contributed by atoms with E-state index in [4.69, 9.17) is 0 Å². The van der Waals surface area contributed by atoms with E-state index in [1.165, 1.54) is 0 Å². The van der Waals surface area contributed by atoms with Gasteiger partial charge in [0, 0.05) is 37.2 Å². The van der Waals surface area contributed by atoms with Gasteiger partial charge >= 0.3 is 6.03 Å². The Balaban J connectivity index is 0.00000324. The van der Waals surface area contributed by atoms with Gasteiger partial charge in [0.2, 0.25) is 0 Å². The van der Waals surface area contributed by atoms with Crippen molar-refractivity contribution in [1.82, 2.24) is 15.1 Å². The van der Waals surface area contributed by atoms with E-state index >= 15 is 0 Å². The summed E-state index contributed by atoms with van der Waals surface area (Å²) in [5.41, 5.74) is 1.11. The molecule has 0 radical (unpaired) electrons. The highest BCUT2D eigenvalue weighted by atomic mass is 79.9. The number of benzene rings is 2. The van der Waals surface area contributed by atoms with Crippen LogP contribution in [-0.4, -0.2) is 72.2 Å².